The number of rotatable bonds is 8. The molecule has 0 aliphatic heterocycles. The zero-order valence-electron chi connectivity index (χ0n) is 14.2. The smallest absolute Gasteiger partial charge is 0.328 e. The number of ether oxygens (including phenoxy) is 1. The molecule has 0 atom stereocenters. The monoisotopic (exact) mass is 361 g/mol. The highest BCUT2D eigenvalue weighted by Crippen LogP contribution is 2.19. The molecule has 0 amide bonds. The number of H-pyrrole nitrogens is 1. The molecular formula is C16H19N5O5. The van der Waals surface area contributed by atoms with Crippen LogP contribution in [0.4, 0.5) is 5.82 Å². The highest BCUT2D eigenvalue weighted by atomic mass is 16.5. The third kappa shape index (κ3) is 3.68. The first-order valence-electron chi connectivity index (χ1n) is 8.16. The molecule has 0 fully saturated rings. The van der Waals surface area contributed by atoms with Crippen molar-refractivity contribution in [2.24, 2.45) is 0 Å². The molecule has 0 saturated carbocycles. The van der Waals surface area contributed by atoms with Crippen LogP contribution in [0.25, 0.3) is 11.2 Å². The predicted molar refractivity (Wildman–Crippen MR) is 92.1 cm³/mol. The number of furan rings is 1. The number of unbranched alkanes of at least 4 members (excludes halogenated alkanes) is 1. The van der Waals surface area contributed by atoms with Gasteiger partial charge < -0.3 is 25.0 Å². The maximum Gasteiger partial charge on any atom is 0.328 e. The molecule has 0 spiro atoms. The Morgan fingerprint density at radius 1 is 1.38 bits per heavy atom. The molecule has 10 heteroatoms. The van der Waals surface area contributed by atoms with Gasteiger partial charge in [0.1, 0.15) is 23.5 Å². The number of nitrogens with one attached hydrogen (secondary N) is 1. The van der Waals surface area contributed by atoms with Crippen LogP contribution >= 0.6 is 0 Å². The van der Waals surface area contributed by atoms with Gasteiger partial charge in [0.2, 0.25) is 0 Å². The quantitative estimate of drug-likeness (QED) is 0.506. The van der Waals surface area contributed by atoms with E-state index in [0.29, 0.717) is 29.3 Å². The normalized spacial score (nSPS) is 11.1. The lowest BCUT2D eigenvalue weighted by molar-refractivity contribution is -0.136. The first-order valence-corrected chi connectivity index (χ1v) is 8.16. The lowest BCUT2D eigenvalue weighted by Crippen LogP contribution is -2.17. The number of imidazole rings is 1. The maximum atomic E-state index is 12.3. The number of carboxylic acids is 1. The number of aromatic amines is 1. The van der Waals surface area contributed by atoms with Gasteiger partial charge >= 0.3 is 17.7 Å². The highest BCUT2D eigenvalue weighted by Gasteiger charge is 2.16. The minimum absolute atomic E-state index is 0.0727. The second-order valence-electron chi connectivity index (χ2n) is 5.75. The molecule has 138 valence electrons. The first kappa shape index (κ1) is 17.5. The van der Waals surface area contributed by atoms with E-state index in [1.807, 2.05) is 6.92 Å². The summed E-state index contributed by atoms with van der Waals surface area (Å²) in [6, 6.07) is 3.28. The van der Waals surface area contributed by atoms with Crippen molar-refractivity contribution in [2.45, 2.75) is 32.7 Å². The Hall–Kier alpha value is -3.30. The van der Waals surface area contributed by atoms with Gasteiger partial charge in [0, 0.05) is 0 Å². The van der Waals surface area contributed by atoms with E-state index in [9.17, 15) is 9.59 Å². The lowest BCUT2D eigenvalue weighted by atomic mass is 10.3. The molecule has 0 aliphatic rings. The minimum atomic E-state index is -0.996. The van der Waals surface area contributed by atoms with Crippen LogP contribution in [-0.4, -0.2) is 37.2 Å². The zero-order valence-corrected chi connectivity index (χ0v) is 14.2. The average Bonchev–Trinajstić information content (AvgIpc) is 3.13. The van der Waals surface area contributed by atoms with Crippen molar-refractivity contribution in [1.29, 1.82) is 0 Å². The van der Waals surface area contributed by atoms with E-state index in [2.05, 4.69) is 15.0 Å². The molecule has 0 aromatic carbocycles. The summed E-state index contributed by atoms with van der Waals surface area (Å²) >= 11 is 0. The standard InChI is InChI=1S/C16H19N5O5/c1-2-3-6-25-15-19-13(17)12-14(20-15)21(16(24)18-12)8-10-5-4-9(26-10)7-11(22)23/h4-5H,2-3,6-8H2,1H3,(H,18,24)(H,22,23)(H2,17,19,20). The number of carbonyl (C=O) groups is 1. The third-order valence-corrected chi connectivity index (χ3v) is 3.72. The Bertz CT molecular complexity index is 987. The third-order valence-electron chi connectivity index (χ3n) is 3.72. The summed E-state index contributed by atoms with van der Waals surface area (Å²) in [6.07, 6.45) is 1.58. The van der Waals surface area contributed by atoms with Gasteiger partial charge in [-0.15, -0.1) is 0 Å². The molecule has 10 nitrogen and oxygen atoms in total. The van der Waals surface area contributed by atoms with Crippen molar-refractivity contribution in [3.8, 4) is 6.01 Å². The zero-order chi connectivity index (χ0) is 18.7. The number of aliphatic carboxylic acids is 1. The van der Waals surface area contributed by atoms with Crippen LogP contribution in [-0.2, 0) is 17.8 Å². The number of hydrogen-bond acceptors (Lipinski definition) is 7. The minimum Gasteiger partial charge on any atom is -0.481 e. The molecule has 0 bridgehead atoms. The number of nitrogens with two attached hydrogens (primary N) is 1. The highest BCUT2D eigenvalue weighted by molar-refractivity contribution is 5.81. The number of nitrogens with zero attached hydrogens (tertiary/aromatic N) is 3. The van der Waals surface area contributed by atoms with Gasteiger partial charge in [0.15, 0.2) is 11.5 Å². The van der Waals surface area contributed by atoms with Gasteiger partial charge in [0.25, 0.3) is 0 Å². The number of fused-ring (bicyclic) bond motifs is 1. The molecule has 0 radical (unpaired) electrons. The summed E-state index contributed by atoms with van der Waals surface area (Å²) in [7, 11) is 0. The SMILES string of the molecule is CCCCOc1nc(N)c2[nH]c(=O)n(Cc3ccc(CC(=O)O)o3)c2n1. The van der Waals surface area contributed by atoms with Crippen molar-refractivity contribution in [3.63, 3.8) is 0 Å². The van der Waals surface area contributed by atoms with E-state index in [1.54, 1.807) is 12.1 Å². The van der Waals surface area contributed by atoms with Gasteiger partial charge in [-0.05, 0) is 18.6 Å². The fourth-order valence-corrected chi connectivity index (χ4v) is 2.46. The first-order chi connectivity index (χ1) is 12.5. The Morgan fingerprint density at radius 3 is 2.88 bits per heavy atom. The molecule has 0 unspecified atom stereocenters. The van der Waals surface area contributed by atoms with Crippen LogP contribution in [0, 0.1) is 0 Å². The van der Waals surface area contributed by atoms with Gasteiger partial charge in [-0.1, -0.05) is 13.3 Å². The van der Waals surface area contributed by atoms with Crippen molar-refractivity contribution in [1.82, 2.24) is 19.5 Å². The Morgan fingerprint density at radius 2 is 2.15 bits per heavy atom. The summed E-state index contributed by atoms with van der Waals surface area (Å²) in [4.78, 5) is 33.9. The second-order valence-corrected chi connectivity index (χ2v) is 5.75. The van der Waals surface area contributed by atoms with Crippen LogP contribution in [0.2, 0.25) is 0 Å². The summed E-state index contributed by atoms with van der Waals surface area (Å²) in [5, 5.41) is 8.80. The number of carboxylic acid groups (broad SMARTS) is 1. The van der Waals surface area contributed by atoms with Gasteiger partial charge in [-0.2, -0.15) is 9.97 Å². The van der Waals surface area contributed by atoms with Gasteiger partial charge in [0.05, 0.1) is 13.2 Å². The Labute approximate surface area is 147 Å². The van der Waals surface area contributed by atoms with E-state index in [-0.39, 0.29) is 24.8 Å². The predicted octanol–water partition coefficient (Wildman–Crippen LogP) is 1.15. The molecule has 0 saturated heterocycles. The number of nitrogen functional groups attached to an aromatic ring is 1. The Balaban J connectivity index is 1.91. The summed E-state index contributed by atoms with van der Waals surface area (Å²) in [5.41, 5.74) is 6.08. The Kier molecular flexibility index (Phi) is 4.92. The van der Waals surface area contributed by atoms with Crippen molar-refractivity contribution >= 4 is 23.0 Å². The molecule has 3 heterocycles. The largest absolute Gasteiger partial charge is 0.481 e. The second kappa shape index (κ2) is 7.30. The average molecular weight is 361 g/mol. The van der Waals surface area contributed by atoms with E-state index in [4.69, 9.17) is 20.0 Å². The molecule has 3 aromatic heterocycles. The maximum absolute atomic E-state index is 12.3. The summed E-state index contributed by atoms with van der Waals surface area (Å²) in [5.74, 6) is -0.152. The van der Waals surface area contributed by atoms with Crippen LogP contribution < -0.4 is 16.2 Å². The molecule has 3 aromatic rings. The molecular weight excluding hydrogens is 342 g/mol. The van der Waals surface area contributed by atoms with E-state index in [0.717, 1.165) is 12.8 Å². The van der Waals surface area contributed by atoms with Crippen molar-refractivity contribution < 1.29 is 19.1 Å². The summed E-state index contributed by atoms with van der Waals surface area (Å²) in [6.45, 7) is 2.56. The van der Waals surface area contributed by atoms with E-state index in [1.165, 1.54) is 4.57 Å². The molecule has 4 N–H and O–H groups in total. The fraction of sp³-hybridized carbons (Fsp3) is 0.375. The van der Waals surface area contributed by atoms with Crippen LogP contribution in [0.5, 0.6) is 6.01 Å². The molecule has 26 heavy (non-hydrogen) atoms. The number of anilines is 1. The van der Waals surface area contributed by atoms with Crippen LogP contribution in [0.3, 0.4) is 0 Å². The van der Waals surface area contributed by atoms with Crippen LogP contribution in [0.15, 0.2) is 21.3 Å². The van der Waals surface area contributed by atoms with E-state index < -0.39 is 11.7 Å². The molecule has 3 rings (SSSR count). The topological polar surface area (TPSA) is 149 Å². The van der Waals surface area contributed by atoms with Crippen LogP contribution in [0.1, 0.15) is 31.3 Å². The van der Waals surface area contributed by atoms with Gasteiger partial charge in [-0.3, -0.25) is 9.36 Å². The fourth-order valence-electron chi connectivity index (χ4n) is 2.46. The summed E-state index contributed by atoms with van der Waals surface area (Å²) < 4.78 is 12.3. The number of aromatic nitrogens is 4. The van der Waals surface area contributed by atoms with E-state index >= 15 is 0 Å². The molecule has 0 aliphatic carbocycles. The number of hydrogen-bond donors (Lipinski definition) is 3. The van der Waals surface area contributed by atoms with Crippen molar-refractivity contribution in [2.75, 3.05) is 12.3 Å². The lowest BCUT2D eigenvalue weighted by Gasteiger charge is -2.06. The van der Waals surface area contributed by atoms with Crippen molar-refractivity contribution in [3.05, 3.63) is 34.1 Å². The van der Waals surface area contributed by atoms with Gasteiger partial charge in [-0.25, -0.2) is 4.79 Å².